The van der Waals surface area contributed by atoms with Crippen LogP contribution in [-0.4, -0.2) is 40.5 Å². The number of fused-ring (bicyclic) bond motifs is 2. The summed E-state index contributed by atoms with van der Waals surface area (Å²) in [4.78, 5) is 26.1. The second-order valence-electron chi connectivity index (χ2n) is 11.2. The van der Waals surface area contributed by atoms with Gasteiger partial charge in [0.1, 0.15) is 6.29 Å². The molecule has 2 aliphatic rings. The minimum Gasteiger partial charge on any atom is -0.469 e. The van der Waals surface area contributed by atoms with Crippen LogP contribution in [0.2, 0.25) is 0 Å². The lowest BCUT2D eigenvalue weighted by molar-refractivity contribution is -0.140. The van der Waals surface area contributed by atoms with E-state index in [1.807, 2.05) is 6.07 Å². The number of aryl methyl sites for hydroxylation is 1. The average Bonchev–Trinajstić information content (AvgIpc) is 3.61. The second-order valence-corrected chi connectivity index (χ2v) is 11.2. The second kappa shape index (κ2) is 13.5. The smallest absolute Gasteiger partial charge is 0.305 e. The first-order valence-corrected chi connectivity index (χ1v) is 14.0. The van der Waals surface area contributed by atoms with Gasteiger partial charge in [0.05, 0.1) is 7.11 Å². The number of carbonyl (C=O) groups excluding carboxylic acids is 2. The van der Waals surface area contributed by atoms with Crippen molar-refractivity contribution < 1.29 is 14.3 Å². The van der Waals surface area contributed by atoms with Gasteiger partial charge in [0, 0.05) is 51.4 Å². The number of esters is 1. The molecule has 0 N–H and O–H groups in total. The van der Waals surface area contributed by atoms with Crippen LogP contribution in [0.25, 0.3) is 11.1 Å². The van der Waals surface area contributed by atoms with Crippen molar-refractivity contribution in [2.75, 3.05) is 38.1 Å². The van der Waals surface area contributed by atoms with Crippen LogP contribution in [0.1, 0.15) is 43.2 Å². The number of benzene rings is 3. The van der Waals surface area contributed by atoms with Gasteiger partial charge in [0.25, 0.3) is 0 Å². The Balaban J connectivity index is 0.000000327. The summed E-state index contributed by atoms with van der Waals surface area (Å²) in [6.07, 6.45) is 7.54. The van der Waals surface area contributed by atoms with Crippen molar-refractivity contribution in [2.24, 2.45) is 17.8 Å². The van der Waals surface area contributed by atoms with E-state index in [0.717, 1.165) is 29.6 Å². The third-order valence-electron chi connectivity index (χ3n) is 8.26. The zero-order valence-electron chi connectivity index (χ0n) is 23.8. The van der Waals surface area contributed by atoms with Gasteiger partial charge in [-0.25, -0.2) is 0 Å². The Hall–Kier alpha value is -3.60. The molecule has 2 bridgehead atoms. The summed E-state index contributed by atoms with van der Waals surface area (Å²) >= 11 is 0. The number of aldehydes is 1. The first-order chi connectivity index (χ1) is 18.9. The van der Waals surface area contributed by atoms with Crippen LogP contribution in [0.3, 0.4) is 0 Å². The number of hydrogen-bond donors (Lipinski definition) is 0. The number of methoxy groups -OCH3 is 1. The number of carbonyl (C=O) groups is 2. The average molecular weight is 527 g/mol. The fourth-order valence-corrected chi connectivity index (χ4v) is 5.88. The van der Waals surface area contributed by atoms with E-state index in [1.54, 1.807) is 0 Å². The predicted molar refractivity (Wildman–Crippen MR) is 160 cm³/mol. The van der Waals surface area contributed by atoms with Crippen molar-refractivity contribution >= 4 is 23.6 Å². The molecule has 2 saturated carbocycles. The Kier molecular flexibility index (Phi) is 9.80. The predicted octanol–water partition coefficient (Wildman–Crippen LogP) is 6.78. The molecule has 0 aliphatic heterocycles. The van der Waals surface area contributed by atoms with Gasteiger partial charge in [-0.15, -0.1) is 0 Å². The van der Waals surface area contributed by atoms with Crippen molar-refractivity contribution in [3.8, 4) is 11.1 Å². The van der Waals surface area contributed by atoms with Gasteiger partial charge in [0.15, 0.2) is 0 Å². The first kappa shape index (κ1) is 28.4. The normalized spacial score (nSPS) is 19.1. The molecular weight excluding hydrogens is 484 g/mol. The Morgan fingerprint density at radius 1 is 0.872 bits per heavy atom. The third kappa shape index (κ3) is 7.72. The van der Waals surface area contributed by atoms with E-state index in [1.165, 1.54) is 61.5 Å². The topological polar surface area (TPSA) is 49.9 Å². The number of ether oxygens (including phenoxy) is 1. The molecule has 0 spiro atoms. The Labute approximate surface area is 233 Å². The van der Waals surface area contributed by atoms with E-state index in [0.29, 0.717) is 18.8 Å². The molecule has 3 aromatic carbocycles. The summed E-state index contributed by atoms with van der Waals surface area (Å²) in [7, 11) is 7.62. The first-order valence-electron chi connectivity index (χ1n) is 14.0. The number of hydrogen-bond acceptors (Lipinski definition) is 5. The molecule has 5 heteroatoms. The van der Waals surface area contributed by atoms with Crippen LogP contribution in [0.4, 0.5) is 11.4 Å². The SMILES string of the molecule is COC(=O)CCc1cccc(N(C)Cc2ccc(-c3ccc(N(C)C)cc3)cc2)c1.O=CC1CC2CCC1C2. The highest BCUT2D eigenvalue weighted by Crippen LogP contribution is 2.47. The highest BCUT2D eigenvalue weighted by atomic mass is 16.5. The molecule has 0 amide bonds. The van der Waals surface area contributed by atoms with Crippen LogP contribution in [0.15, 0.2) is 72.8 Å². The minimum absolute atomic E-state index is 0.176. The van der Waals surface area contributed by atoms with Crippen LogP contribution < -0.4 is 9.80 Å². The maximum atomic E-state index is 11.4. The fraction of sp³-hybridized carbons (Fsp3) is 0.412. The molecule has 3 aromatic rings. The molecular formula is C34H42N2O3. The summed E-state index contributed by atoms with van der Waals surface area (Å²) in [5, 5.41) is 0. The van der Waals surface area contributed by atoms with Crippen LogP contribution >= 0.6 is 0 Å². The van der Waals surface area contributed by atoms with Gasteiger partial charge < -0.3 is 19.3 Å². The maximum absolute atomic E-state index is 11.4. The van der Waals surface area contributed by atoms with Crippen LogP contribution in [0, 0.1) is 17.8 Å². The van der Waals surface area contributed by atoms with E-state index in [9.17, 15) is 9.59 Å². The molecule has 5 nitrogen and oxygen atoms in total. The highest BCUT2D eigenvalue weighted by molar-refractivity contribution is 5.69. The van der Waals surface area contributed by atoms with Gasteiger partial charge in [0.2, 0.25) is 0 Å². The standard InChI is InChI=1S/C26H30N2O2.C8H12O/c1-27(2)24-15-13-23(14-16-24)22-11-8-21(9-12-22)19-28(3)25-7-5-6-20(18-25)10-17-26(29)30-4;9-5-8-4-6-1-2-7(8)3-6/h5-9,11-16,18H,10,17,19H2,1-4H3;5-8H,1-4H2. The summed E-state index contributed by atoms with van der Waals surface area (Å²) in [6.45, 7) is 0.820. The van der Waals surface area contributed by atoms with Gasteiger partial charge in [-0.1, -0.05) is 55.0 Å². The fourth-order valence-electron chi connectivity index (χ4n) is 5.88. The molecule has 0 saturated heterocycles. The lowest BCUT2D eigenvalue weighted by atomic mass is 9.90. The Morgan fingerprint density at radius 3 is 2.10 bits per heavy atom. The molecule has 3 unspecified atom stereocenters. The highest BCUT2D eigenvalue weighted by Gasteiger charge is 2.38. The summed E-state index contributed by atoms with van der Waals surface area (Å²) < 4.78 is 4.73. The monoisotopic (exact) mass is 526 g/mol. The van der Waals surface area contributed by atoms with Gasteiger partial charge >= 0.3 is 5.97 Å². The number of nitrogens with zero attached hydrogens (tertiary/aromatic N) is 2. The van der Waals surface area contributed by atoms with Crippen molar-refractivity contribution in [1.29, 1.82) is 0 Å². The third-order valence-corrected chi connectivity index (χ3v) is 8.26. The van der Waals surface area contributed by atoms with E-state index in [-0.39, 0.29) is 5.97 Å². The van der Waals surface area contributed by atoms with Crippen LogP contribution in [-0.2, 0) is 27.3 Å². The summed E-state index contributed by atoms with van der Waals surface area (Å²) in [5.41, 5.74) is 7.18. The Morgan fingerprint density at radius 2 is 1.56 bits per heavy atom. The molecule has 2 fully saturated rings. The van der Waals surface area contributed by atoms with Crippen molar-refractivity contribution in [1.82, 2.24) is 0 Å². The molecule has 0 heterocycles. The van der Waals surface area contributed by atoms with Crippen LogP contribution in [0.5, 0.6) is 0 Å². The molecule has 0 radical (unpaired) electrons. The largest absolute Gasteiger partial charge is 0.469 e. The van der Waals surface area contributed by atoms with E-state index >= 15 is 0 Å². The molecule has 3 atom stereocenters. The number of anilines is 2. The Bertz CT molecular complexity index is 1220. The lowest BCUT2D eigenvalue weighted by Crippen LogP contribution is -2.16. The van der Waals surface area contributed by atoms with Gasteiger partial charge in [-0.3, -0.25) is 4.79 Å². The molecule has 206 valence electrons. The molecule has 2 aliphatic carbocycles. The summed E-state index contributed by atoms with van der Waals surface area (Å²) in [5.74, 6) is 1.98. The molecule has 39 heavy (non-hydrogen) atoms. The zero-order valence-corrected chi connectivity index (χ0v) is 23.8. The van der Waals surface area contributed by atoms with E-state index < -0.39 is 0 Å². The van der Waals surface area contributed by atoms with Crippen molar-refractivity contribution in [2.45, 2.75) is 45.1 Å². The van der Waals surface area contributed by atoms with Crippen molar-refractivity contribution in [3.05, 3.63) is 83.9 Å². The zero-order chi connectivity index (χ0) is 27.8. The van der Waals surface area contributed by atoms with E-state index in [4.69, 9.17) is 4.74 Å². The maximum Gasteiger partial charge on any atom is 0.305 e. The van der Waals surface area contributed by atoms with Crippen molar-refractivity contribution in [3.63, 3.8) is 0 Å². The lowest BCUT2D eigenvalue weighted by Gasteiger charge is -2.20. The molecule has 0 aromatic heterocycles. The number of rotatable bonds is 9. The van der Waals surface area contributed by atoms with E-state index in [2.05, 4.69) is 97.7 Å². The van der Waals surface area contributed by atoms with Gasteiger partial charge in [-0.05, 0) is 84.0 Å². The molecule has 5 rings (SSSR count). The quantitative estimate of drug-likeness (QED) is 0.227. The minimum atomic E-state index is -0.176. The summed E-state index contributed by atoms with van der Waals surface area (Å²) in [6, 6.07) is 25.7. The van der Waals surface area contributed by atoms with Gasteiger partial charge in [-0.2, -0.15) is 0 Å².